The molecule has 0 atom stereocenters. The highest BCUT2D eigenvalue weighted by molar-refractivity contribution is 7.89. The lowest BCUT2D eigenvalue weighted by Gasteiger charge is -2.07. The summed E-state index contributed by atoms with van der Waals surface area (Å²) in [4.78, 5) is 2.91. The van der Waals surface area contributed by atoms with Crippen LogP contribution in [0.3, 0.4) is 0 Å². The first kappa shape index (κ1) is 13.9. The second kappa shape index (κ2) is 5.25. The predicted octanol–water partition coefficient (Wildman–Crippen LogP) is 0.734. The third-order valence-electron chi connectivity index (χ3n) is 2.71. The van der Waals surface area contributed by atoms with Gasteiger partial charge in [0, 0.05) is 6.20 Å². The van der Waals surface area contributed by atoms with Crippen molar-refractivity contribution in [1.82, 2.24) is 9.55 Å². The van der Waals surface area contributed by atoms with Gasteiger partial charge < -0.3 is 14.7 Å². The molecule has 0 radical (unpaired) electrons. The molecule has 1 aromatic heterocycles. The Balaban J connectivity index is 2.30. The average Bonchev–Trinajstić information content (AvgIpc) is 2.70. The number of aliphatic hydroxyl groups is 1. The molecular formula is C11H13N3O3S2. The number of nitrogens with zero attached hydrogens (tertiary/aromatic N) is 1. The number of nitrogens with one attached hydrogen (secondary N) is 1. The van der Waals surface area contributed by atoms with Gasteiger partial charge in [-0.1, -0.05) is 12.1 Å². The maximum absolute atomic E-state index is 11.1. The van der Waals surface area contributed by atoms with Crippen molar-refractivity contribution in [2.24, 2.45) is 5.14 Å². The van der Waals surface area contributed by atoms with E-state index in [1.807, 2.05) is 0 Å². The summed E-state index contributed by atoms with van der Waals surface area (Å²) >= 11 is 5.10. The van der Waals surface area contributed by atoms with Gasteiger partial charge in [0.25, 0.3) is 0 Å². The lowest BCUT2D eigenvalue weighted by Crippen LogP contribution is -2.12. The number of sulfonamides is 1. The normalized spacial score (nSPS) is 11.7. The Morgan fingerprint density at radius 3 is 2.47 bits per heavy atom. The number of H-pyrrole nitrogens is 1. The molecule has 0 spiro atoms. The van der Waals surface area contributed by atoms with Crippen LogP contribution in [0.25, 0.3) is 0 Å². The molecule has 4 N–H and O–H groups in total. The molecule has 1 aromatic carbocycles. The summed E-state index contributed by atoms with van der Waals surface area (Å²) < 4.78 is 24.5. The molecule has 0 amide bonds. The third-order valence-corrected chi connectivity index (χ3v) is 3.98. The average molecular weight is 299 g/mol. The molecule has 0 unspecified atom stereocenters. The molecule has 2 rings (SSSR count). The Hall–Kier alpha value is -1.48. The van der Waals surface area contributed by atoms with Crippen molar-refractivity contribution >= 4 is 22.2 Å². The minimum atomic E-state index is -3.68. The van der Waals surface area contributed by atoms with Crippen molar-refractivity contribution < 1.29 is 13.5 Å². The number of hydrogen-bond acceptors (Lipinski definition) is 4. The Kier molecular flexibility index (Phi) is 3.85. The van der Waals surface area contributed by atoms with Gasteiger partial charge in [-0.2, -0.15) is 0 Å². The second-order valence-corrected chi connectivity index (χ2v) is 5.97. The minimum Gasteiger partial charge on any atom is -0.390 e. The molecule has 0 aliphatic rings. The molecule has 8 heteroatoms. The fourth-order valence-electron chi connectivity index (χ4n) is 1.70. The van der Waals surface area contributed by atoms with Crippen LogP contribution < -0.4 is 5.14 Å². The van der Waals surface area contributed by atoms with E-state index in [2.05, 4.69) is 4.98 Å². The van der Waals surface area contributed by atoms with Crippen LogP contribution in [0.4, 0.5) is 0 Å². The van der Waals surface area contributed by atoms with E-state index in [4.69, 9.17) is 17.4 Å². The van der Waals surface area contributed by atoms with Gasteiger partial charge in [-0.15, -0.1) is 0 Å². The first-order valence-corrected chi connectivity index (χ1v) is 7.37. The summed E-state index contributed by atoms with van der Waals surface area (Å²) in [5, 5.41) is 14.2. The standard InChI is InChI=1S/C11H13N3O3S2/c12-19(16,17)10-3-1-8(2-4-10)6-14-9(7-15)5-13-11(14)18/h1-5,15H,6-7H2,(H,13,18)(H2,12,16,17). The van der Waals surface area contributed by atoms with E-state index in [-0.39, 0.29) is 11.5 Å². The van der Waals surface area contributed by atoms with Crippen LogP contribution in [0.15, 0.2) is 35.4 Å². The number of benzene rings is 1. The van der Waals surface area contributed by atoms with Gasteiger partial charge in [0.2, 0.25) is 10.0 Å². The lowest BCUT2D eigenvalue weighted by atomic mass is 10.2. The van der Waals surface area contributed by atoms with E-state index < -0.39 is 10.0 Å². The van der Waals surface area contributed by atoms with Gasteiger partial charge >= 0.3 is 0 Å². The fraction of sp³-hybridized carbons (Fsp3) is 0.182. The van der Waals surface area contributed by atoms with E-state index in [0.717, 1.165) is 5.56 Å². The Bertz CT molecular complexity index is 729. The van der Waals surface area contributed by atoms with Gasteiger partial charge in [0.1, 0.15) is 0 Å². The van der Waals surface area contributed by atoms with Crippen molar-refractivity contribution in [3.8, 4) is 0 Å². The summed E-state index contributed by atoms with van der Waals surface area (Å²) in [7, 11) is -3.68. The zero-order valence-corrected chi connectivity index (χ0v) is 11.5. The highest BCUT2D eigenvalue weighted by Crippen LogP contribution is 2.12. The Morgan fingerprint density at radius 1 is 1.32 bits per heavy atom. The van der Waals surface area contributed by atoms with Crippen LogP contribution in [-0.2, 0) is 23.2 Å². The van der Waals surface area contributed by atoms with Gasteiger partial charge in [-0.05, 0) is 29.9 Å². The highest BCUT2D eigenvalue weighted by atomic mass is 32.2. The topological polar surface area (TPSA) is 101 Å². The van der Waals surface area contributed by atoms with E-state index >= 15 is 0 Å². The largest absolute Gasteiger partial charge is 0.390 e. The first-order valence-electron chi connectivity index (χ1n) is 5.41. The van der Waals surface area contributed by atoms with Gasteiger partial charge in [0.05, 0.1) is 23.7 Å². The van der Waals surface area contributed by atoms with E-state index in [0.29, 0.717) is 17.0 Å². The molecule has 1 heterocycles. The molecular weight excluding hydrogens is 286 g/mol. The SMILES string of the molecule is NS(=O)(=O)c1ccc(Cn2c(CO)c[nH]c2=S)cc1. The predicted molar refractivity (Wildman–Crippen MR) is 72.5 cm³/mol. The molecule has 6 nitrogen and oxygen atoms in total. The number of nitrogens with two attached hydrogens (primary N) is 1. The van der Waals surface area contributed by atoms with Crippen molar-refractivity contribution in [3.05, 3.63) is 46.5 Å². The lowest BCUT2D eigenvalue weighted by molar-refractivity contribution is 0.271. The smallest absolute Gasteiger partial charge is 0.238 e. The minimum absolute atomic E-state index is 0.0660. The summed E-state index contributed by atoms with van der Waals surface area (Å²) in [5.74, 6) is 0. The fourth-order valence-corrected chi connectivity index (χ4v) is 2.46. The molecule has 102 valence electrons. The Labute approximate surface area is 115 Å². The zero-order chi connectivity index (χ0) is 14.0. The van der Waals surface area contributed by atoms with Gasteiger partial charge in [0.15, 0.2) is 4.77 Å². The third kappa shape index (κ3) is 3.10. The van der Waals surface area contributed by atoms with Crippen molar-refractivity contribution in [1.29, 1.82) is 0 Å². The molecule has 19 heavy (non-hydrogen) atoms. The zero-order valence-electron chi connectivity index (χ0n) is 9.91. The maximum atomic E-state index is 11.1. The van der Waals surface area contributed by atoms with Crippen molar-refractivity contribution in [3.63, 3.8) is 0 Å². The molecule has 0 fully saturated rings. The van der Waals surface area contributed by atoms with Crippen molar-refractivity contribution in [2.45, 2.75) is 18.0 Å². The van der Waals surface area contributed by atoms with Crippen molar-refractivity contribution in [2.75, 3.05) is 0 Å². The van der Waals surface area contributed by atoms with E-state index in [1.54, 1.807) is 22.9 Å². The van der Waals surface area contributed by atoms with Gasteiger partial charge in [-0.3, -0.25) is 0 Å². The van der Waals surface area contributed by atoms with Crippen LogP contribution in [0, 0.1) is 4.77 Å². The maximum Gasteiger partial charge on any atom is 0.238 e. The summed E-state index contributed by atoms with van der Waals surface area (Å²) in [6.07, 6.45) is 1.64. The molecule has 0 saturated carbocycles. The number of hydrogen-bond donors (Lipinski definition) is 3. The molecule has 0 aliphatic carbocycles. The number of imidazole rings is 1. The number of primary sulfonamides is 1. The Morgan fingerprint density at radius 2 is 1.95 bits per heavy atom. The van der Waals surface area contributed by atoms with E-state index in [1.165, 1.54) is 12.1 Å². The molecule has 0 bridgehead atoms. The monoisotopic (exact) mass is 299 g/mol. The van der Waals surface area contributed by atoms with Crippen LogP contribution in [-0.4, -0.2) is 23.1 Å². The molecule has 2 aromatic rings. The number of aromatic amines is 1. The summed E-state index contributed by atoms with van der Waals surface area (Å²) in [5.41, 5.74) is 1.53. The number of rotatable bonds is 4. The highest BCUT2D eigenvalue weighted by Gasteiger charge is 2.08. The number of aliphatic hydroxyl groups excluding tert-OH is 1. The van der Waals surface area contributed by atoms with Crippen LogP contribution in [0.2, 0.25) is 0 Å². The molecule has 0 saturated heterocycles. The summed E-state index contributed by atoms with van der Waals surface area (Å²) in [6.45, 7) is 0.325. The second-order valence-electron chi connectivity index (χ2n) is 4.02. The molecule has 0 aliphatic heterocycles. The van der Waals surface area contributed by atoms with Crippen LogP contribution in [0.1, 0.15) is 11.3 Å². The number of aromatic nitrogens is 2. The first-order chi connectivity index (χ1) is 8.91. The quantitative estimate of drug-likeness (QED) is 0.724. The van der Waals surface area contributed by atoms with Crippen LogP contribution >= 0.6 is 12.2 Å². The van der Waals surface area contributed by atoms with Gasteiger partial charge in [-0.25, -0.2) is 13.6 Å². The summed E-state index contributed by atoms with van der Waals surface area (Å²) in [6, 6.07) is 6.21. The van der Waals surface area contributed by atoms with Crippen LogP contribution in [0.5, 0.6) is 0 Å². The van der Waals surface area contributed by atoms with E-state index in [9.17, 15) is 13.5 Å².